The van der Waals surface area contributed by atoms with Crippen molar-refractivity contribution in [2.24, 2.45) is 11.1 Å². The Balaban J connectivity index is 1.26. The molecule has 2 atom stereocenters. The van der Waals surface area contributed by atoms with E-state index in [2.05, 4.69) is 32.0 Å². The minimum absolute atomic E-state index is 0.101. The molecule has 33 heavy (non-hydrogen) atoms. The Bertz CT molecular complexity index is 1110. The monoisotopic (exact) mass is 485 g/mol. The maximum absolute atomic E-state index is 6.71. The maximum Gasteiger partial charge on any atom is 0.147 e. The van der Waals surface area contributed by atoms with Crippen molar-refractivity contribution in [2.45, 2.75) is 55.3 Å². The lowest BCUT2D eigenvalue weighted by atomic mass is 9.73. The third-order valence-corrected chi connectivity index (χ3v) is 8.32. The summed E-state index contributed by atoms with van der Waals surface area (Å²) < 4.78 is 5.83. The predicted octanol–water partition coefficient (Wildman–Crippen LogP) is 3.89. The fourth-order valence-corrected chi connectivity index (χ4v) is 5.77. The van der Waals surface area contributed by atoms with Crippen molar-refractivity contribution < 1.29 is 4.74 Å². The molecule has 10 heteroatoms. The van der Waals surface area contributed by atoms with Gasteiger partial charge in [0.1, 0.15) is 16.5 Å². The average Bonchev–Trinajstić information content (AvgIpc) is 3.43. The van der Waals surface area contributed by atoms with Crippen LogP contribution in [0, 0.1) is 5.41 Å². The molecule has 0 bridgehead atoms. The molecule has 0 radical (unpaired) electrons. The highest BCUT2D eigenvalue weighted by atomic mass is 35.5. The zero-order valence-corrected chi connectivity index (χ0v) is 20.4. The Morgan fingerprint density at radius 2 is 2.03 bits per heavy atom. The SMILES string of the molecule is CCn1ncc(-c2cccc(Sc3cnc(N4CCC5(CC4)CO[C@@H](C)[C@H]5N)cn3)c2Cl)n1. The number of anilines is 1. The number of nitrogens with zero attached hydrogens (tertiary/aromatic N) is 6. The number of hydrogen-bond acceptors (Lipinski definition) is 8. The first-order chi connectivity index (χ1) is 16.0. The normalized spacial score (nSPS) is 22.2. The summed E-state index contributed by atoms with van der Waals surface area (Å²) in [6, 6.07) is 6.01. The van der Waals surface area contributed by atoms with Crippen LogP contribution in [0.2, 0.25) is 5.02 Å². The number of aromatic nitrogens is 5. The Kier molecular flexibility index (Phi) is 6.30. The van der Waals surface area contributed by atoms with E-state index in [1.54, 1.807) is 11.0 Å². The highest BCUT2D eigenvalue weighted by Gasteiger charge is 2.47. The number of rotatable bonds is 5. The topological polar surface area (TPSA) is 95.0 Å². The van der Waals surface area contributed by atoms with Crippen molar-refractivity contribution >= 4 is 29.2 Å². The molecule has 2 aromatic heterocycles. The molecule has 4 heterocycles. The van der Waals surface area contributed by atoms with Crippen LogP contribution in [0.15, 0.2) is 46.7 Å². The lowest BCUT2D eigenvalue weighted by molar-refractivity contribution is 0.0974. The van der Waals surface area contributed by atoms with Gasteiger partial charge in [-0.15, -0.1) is 0 Å². The van der Waals surface area contributed by atoms with Crippen LogP contribution in [0.5, 0.6) is 0 Å². The number of piperidine rings is 1. The number of benzene rings is 1. The van der Waals surface area contributed by atoms with Crippen LogP contribution < -0.4 is 10.6 Å². The summed E-state index contributed by atoms with van der Waals surface area (Å²) >= 11 is 8.20. The fraction of sp³-hybridized carbons (Fsp3) is 0.478. The smallest absolute Gasteiger partial charge is 0.147 e. The second kappa shape index (κ2) is 9.21. The molecule has 1 spiro atoms. The molecular formula is C23H28ClN7OS. The molecule has 8 nitrogen and oxygen atoms in total. The summed E-state index contributed by atoms with van der Waals surface area (Å²) in [5, 5.41) is 10.2. The van der Waals surface area contributed by atoms with Crippen LogP contribution in [0.25, 0.3) is 11.3 Å². The largest absolute Gasteiger partial charge is 0.376 e. The zero-order valence-electron chi connectivity index (χ0n) is 18.8. The van der Waals surface area contributed by atoms with E-state index in [1.807, 2.05) is 37.5 Å². The fourth-order valence-electron chi connectivity index (χ4n) is 4.65. The van der Waals surface area contributed by atoms with Gasteiger partial charge in [0.05, 0.1) is 42.9 Å². The first kappa shape index (κ1) is 22.6. The van der Waals surface area contributed by atoms with E-state index in [9.17, 15) is 0 Å². The van der Waals surface area contributed by atoms with E-state index >= 15 is 0 Å². The molecular weight excluding hydrogens is 458 g/mol. The van der Waals surface area contributed by atoms with Crippen molar-refractivity contribution in [3.05, 3.63) is 41.8 Å². The Hall–Kier alpha value is -2.20. The van der Waals surface area contributed by atoms with Gasteiger partial charge in [-0.2, -0.15) is 15.0 Å². The van der Waals surface area contributed by atoms with Crippen LogP contribution in [0.3, 0.4) is 0 Å². The Labute approximate surface area is 202 Å². The summed E-state index contributed by atoms with van der Waals surface area (Å²) in [5.41, 5.74) is 8.16. The first-order valence-electron chi connectivity index (χ1n) is 11.3. The quantitative estimate of drug-likeness (QED) is 0.581. The summed E-state index contributed by atoms with van der Waals surface area (Å²) in [4.78, 5) is 14.2. The number of aryl methyl sites for hydroxylation is 1. The molecule has 0 aliphatic carbocycles. The minimum atomic E-state index is 0.101. The lowest BCUT2D eigenvalue weighted by Gasteiger charge is -2.41. The average molecular weight is 486 g/mol. The third-order valence-electron chi connectivity index (χ3n) is 6.82. The van der Waals surface area contributed by atoms with Gasteiger partial charge < -0.3 is 15.4 Å². The highest BCUT2D eigenvalue weighted by Crippen LogP contribution is 2.42. The van der Waals surface area contributed by atoms with Crippen molar-refractivity contribution in [1.82, 2.24) is 25.0 Å². The molecule has 174 valence electrons. The van der Waals surface area contributed by atoms with E-state index in [4.69, 9.17) is 22.1 Å². The van der Waals surface area contributed by atoms with E-state index in [1.165, 1.54) is 11.8 Å². The van der Waals surface area contributed by atoms with Gasteiger partial charge in [0.2, 0.25) is 0 Å². The highest BCUT2D eigenvalue weighted by molar-refractivity contribution is 7.99. The molecule has 2 N–H and O–H groups in total. The van der Waals surface area contributed by atoms with E-state index in [0.717, 1.165) is 59.5 Å². The summed E-state index contributed by atoms with van der Waals surface area (Å²) in [6.07, 6.45) is 7.56. The minimum Gasteiger partial charge on any atom is -0.376 e. The molecule has 0 saturated carbocycles. The van der Waals surface area contributed by atoms with Gasteiger partial charge in [-0.05, 0) is 32.8 Å². The van der Waals surface area contributed by atoms with Gasteiger partial charge in [-0.3, -0.25) is 0 Å². The second-order valence-corrected chi connectivity index (χ2v) is 10.2. The van der Waals surface area contributed by atoms with Crippen LogP contribution in [-0.2, 0) is 11.3 Å². The van der Waals surface area contributed by atoms with Crippen molar-refractivity contribution in [3.63, 3.8) is 0 Å². The summed E-state index contributed by atoms with van der Waals surface area (Å²) in [6.45, 7) is 7.38. The molecule has 2 saturated heterocycles. The second-order valence-electron chi connectivity index (χ2n) is 8.74. The van der Waals surface area contributed by atoms with Gasteiger partial charge in [0.25, 0.3) is 0 Å². The van der Waals surface area contributed by atoms with Crippen molar-refractivity contribution in [2.75, 3.05) is 24.6 Å². The molecule has 5 rings (SSSR count). The van der Waals surface area contributed by atoms with Crippen LogP contribution in [-0.4, -0.2) is 56.8 Å². The lowest BCUT2D eigenvalue weighted by Crippen LogP contribution is -2.50. The van der Waals surface area contributed by atoms with Gasteiger partial charge in [0, 0.05) is 35.0 Å². The van der Waals surface area contributed by atoms with Crippen LogP contribution in [0.4, 0.5) is 5.82 Å². The van der Waals surface area contributed by atoms with Crippen molar-refractivity contribution in [3.8, 4) is 11.3 Å². The van der Waals surface area contributed by atoms with Gasteiger partial charge >= 0.3 is 0 Å². The Morgan fingerprint density at radius 1 is 1.21 bits per heavy atom. The number of nitrogens with two attached hydrogens (primary N) is 1. The predicted molar refractivity (Wildman–Crippen MR) is 130 cm³/mol. The van der Waals surface area contributed by atoms with Crippen LogP contribution >= 0.6 is 23.4 Å². The summed E-state index contributed by atoms with van der Waals surface area (Å²) in [7, 11) is 0. The zero-order chi connectivity index (χ0) is 23.0. The van der Waals surface area contributed by atoms with Gasteiger partial charge in [-0.1, -0.05) is 35.5 Å². The van der Waals surface area contributed by atoms with E-state index in [-0.39, 0.29) is 17.6 Å². The first-order valence-corrected chi connectivity index (χ1v) is 12.5. The number of ether oxygens (including phenoxy) is 1. The maximum atomic E-state index is 6.71. The number of halogens is 1. The molecule has 0 amide bonds. The summed E-state index contributed by atoms with van der Waals surface area (Å²) in [5.74, 6) is 0.894. The molecule has 2 fully saturated rings. The molecule has 1 aromatic carbocycles. The van der Waals surface area contributed by atoms with Crippen molar-refractivity contribution in [1.29, 1.82) is 0 Å². The Morgan fingerprint density at radius 3 is 2.67 bits per heavy atom. The molecule has 3 aromatic rings. The number of hydrogen-bond donors (Lipinski definition) is 1. The van der Waals surface area contributed by atoms with E-state index in [0.29, 0.717) is 11.6 Å². The van der Waals surface area contributed by atoms with Crippen LogP contribution in [0.1, 0.15) is 26.7 Å². The molecule has 2 aliphatic rings. The molecule has 0 unspecified atom stereocenters. The molecule has 2 aliphatic heterocycles. The standard InChI is InChI=1S/C23H28ClN7OS/c1-3-31-28-11-17(29-31)16-5-4-6-18(21(16)24)33-20-13-26-19(12-27-20)30-9-7-23(8-10-30)14-32-15(2)22(23)25/h4-6,11-13,15,22H,3,7-10,14,25H2,1-2H3/t15-,22+/m0/s1. The van der Waals surface area contributed by atoms with Gasteiger partial charge in [-0.25, -0.2) is 9.97 Å². The van der Waals surface area contributed by atoms with Gasteiger partial charge in [0.15, 0.2) is 0 Å². The third kappa shape index (κ3) is 4.35. The van der Waals surface area contributed by atoms with E-state index < -0.39 is 0 Å².